The molecule has 0 aromatic rings. The highest BCUT2D eigenvalue weighted by molar-refractivity contribution is 5.69. The number of aliphatic hydroxyl groups excluding tert-OH is 1. The number of hydrogen-bond donors (Lipinski definition) is 1. The fourth-order valence-corrected chi connectivity index (χ4v) is 4.14. The summed E-state index contributed by atoms with van der Waals surface area (Å²) in [5.74, 6) is 0.572. The number of hydrogen-bond acceptors (Lipinski definition) is 3. The maximum atomic E-state index is 11.8. The summed E-state index contributed by atoms with van der Waals surface area (Å²) >= 11 is 0. The third kappa shape index (κ3) is 25.6. The van der Waals surface area contributed by atoms with E-state index in [9.17, 15) is 9.90 Å². The SMILES string of the molecule is CCCCCCCCCCCCCCCC(O)OC(=O)CCCCCCCCC(C)C. The third-order valence-electron chi connectivity index (χ3n) is 6.23. The summed E-state index contributed by atoms with van der Waals surface area (Å²) < 4.78 is 5.15. The molecule has 0 aliphatic heterocycles. The van der Waals surface area contributed by atoms with Gasteiger partial charge >= 0.3 is 5.97 Å². The summed E-state index contributed by atoms with van der Waals surface area (Å²) in [6, 6.07) is 0. The molecule has 0 heterocycles. The van der Waals surface area contributed by atoms with Gasteiger partial charge in [0.2, 0.25) is 6.29 Å². The van der Waals surface area contributed by atoms with E-state index in [0.717, 1.165) is 31.6 Å². The van der Waals surface area contributed by atoms with Crippen LogP contribution in [-0.4, -0.2) is 17.4 Å². The first kappa shape index (κ1) is 30.4. The minimum atomic E-state index is -0.906. The van der Waals surface area contributed by atoms with Crippen LogP contribution in [-0.2, 0) is 9.53 Å². The number of ether oxygens (including phenoxy) is 1. The predicted molar refractivity (Wildman–Crippen MR) is 134 cm³/mol. The molecule has 0 bridgehead atoms. The van der Waals surface area contributed by atoms with Crippen LogP contribution < -0.4 is 0 Å². The lowest BCUT2D eigenvalue weighted by Gasteiger charge is -2.12. The highest BCUT2D eigenvalue weighted by Gasteiger charge is 2.10. The Kier molecular flexibility index (Phi) is 23.6. The molecule has 31 heavy (non-hydrogen) atoms. The molecule has 0 fully saturated rings. The van der Waals surface area contributed by atoms with Gasteiger partial charge < -0.3 is 9.84 Å². The Hall–Kier alpha value is -0.570. The molecule has 0 aliphatic carbocycles. The van der Waals surface area contributed by atoms with E-state index in [-0.39, 0.29) is 5.97 Å². The van der Waals surface area contributed by atoms with Crippen molar-refractivity contribution >= 4 is 5.97 Å². The van der Waals surface area contributed by atoms with Crippen LogP contribution in [0.5, 0.6) is 0 Å². The fraction of sp³-hybridized carbons (Fsp3) is 0.964. The van der Waals surface area contributed by atoms with Gasteiger partial charge in [-0.1, -0.05) is 136 Å². The zero-order chi connectivity index (χ0) is 23.0. The average Bonchev–Trinajstić information content (AvgIpc) is 2.73. The molecule has 0 aliphatic rings. The summed E-state index contributed by atoms with van der Waals surface area (Å²) in [6.45, 7) is 6.82. The van der Waals surface area contributed by atoms with Gasteiger partial charge in [-0.15, -0.1) is 0 Å². The van der Waals surface area contributed by atoms with Gasteiger partial charge in [0.25, 0.3) is 0 Å². The van der Waals surface area contributed by atoms with Crippen molar-refractivity contribution in [1.29, 1.82) is 0 Å². The molecule has 0 spiro atoms. The van der Waals surface area contributed by atoms with Crippen LogP contribution in [0, 0.1) is 5.92 Å². The largest absolute Gasteiger partial charge is 0.436 e. The molecule has 0 amide bonds. The zero-order valence-electron chi connectivity index (χ0n) is 21.5. The van der Waals surface area contributed by atoms with Gasteiger partial charge in [0.05, 0.1) is 0 Å². The van der Waals surface area contributed by atoms with Crippen LogP contribution in [0.2, 0.25) is 0 Å². The normalized spacial score (nSPS) is 12.4. The van der Waals surface area contributed by atoms with Crippen LogP contribution in [0.1, 0.15) is 162 Å². The molecule has 0 saturated heterocycles. The van der Waals surface area contributed by atoms with Crippen molar-refractivity contribution in [2.45, 2.75) is 168 Å². The van der Waals surface area contributed by atoms with Crippen LogP contribution in [0.15, 0.2) is 0 Å². The summed E-state index contributed by atoms with van der Waals surface area (Å²) in [5, 5.41) is 9.90. The minimum absolute atomic E-state index is 0.234. The summed E-state index contributed by atoms with van der Waals surface area (Å²) in [7, 11) is 0. The predicted octanol–water partition coefficient (Wildman–Crippen LogP) is 9.11. The molecule has 3 heteroatoms. The van der Waals surface area contributed by atoms with Crippen LogP contribution in [0.25, 0.3) is 0 Å². The second-order valence-electron chi connectivity index (χ2n) is 10.0. The van der Waals surface area contributed by atoms with Gasteiger partial charge in [0, 0.05) is 12.8 Å². The van der Waals surface area contributed by atoms with Gasteiger partial charge in [-0.05, 0) is 18.8 Å². The Morgan fingerprint density at radius 3 is 1.45 bits per heavy atom. The van der Waals surface area contributed by atoms with Crippen molar-refractivity contribution < 1.29 is 14.6 Å². The maximum Gasteiger partial charge on any atom is 0.308 e. The Morgan fingerprint density at radius 1 is 0.613 bits per heavy atom. The van der Waals surface area contributed by atoms with E-state index in [1.54, 1.807) is 0 Å². The first-order chi connectivity index (χ1) is 15.1. The van der Waals surface area contributed by atoms with Crippen LogP contribution >= 0.6 is 0 Å². The fourth-order valence-electron chi connectivity index (χ4n) is 4.14. The molecular formula is C28H56O3. The number of aliphatic hydroxyl groups is 1. The van der Waals surface area contributed by atoms with Crippen molar-refractivity contribution in [3.05, 3.63) is 0 Å². The van der Waals surface area contributed by atoms with Gasteiger partial charge in [-0.2, -0.15) is 0 Å². The molecule has 3 nitrogen and oxygen atoms in total. The van der Waals surface area contributed by atoms with Gasteiger partial charge in [-0.25, -0.2) is 0 Å². The summed E-state index contributed by atoms with van der Waals surface area (Å²) in [4.78, 5) is 11.8. The highest BCUT2D eigenvalue weighted by atomic mass is 16.6. The minimum Gasteiger partial charge on any atom is -0.436 e. The van der Waals surface area contributed by atoms with Gasteiger partial charge in [-0.3, -0.25) is 4.79 Å². The maximum absolute atomic E-state index is 11.8. The van der Waals surface area contributed by atoms with Crippen LogP contribution in [0.3, 0.4) is 0 Å². The first-order valence-electron chi connectivity index (χ1n) is 13.9. The Balaban J connectivity index is 3.30. The quantitative estimate of drug-likeness (QED) is 0.0924. The Morgan fingerprint density at radius 2 is 1.00 bits per heavy atom. The van der Waals surface area contributed by atoms with E-state index in [4.69, 9.17) is 4.74 Å². The number of esters is 1. The molecule has 186 valence electrons. The van der Waals surface area contributed by atoms with Crippen molar-refractivity contribution in [3.8, 4) is 0 Å². The molecule has 1 unspecified atom stereocenters. The lowest BCUT2D eigenvalue weighted by atomic mass is 10.0. The van der Waals surface area contributed by atoms with Crippen molar-refractivity contribution in [2.75, 3.05) is 0 Å². The summed E-state index contributed by atoms with van der Waals surface area (Å²) in [5.41, 5.74) is 0. The molecule has 0 rings (SSSR count). The second kappa shape index (κ2) is 24.1. The Bertz CT molecular complexity index is 367. The van der Waals surface area contributed by atoms with Gasteiger partial charge in [0.1, 0.15) is 0 Å². The number of rotatable bonds is 24. The van der Waals surface area contributed by atoms with E-state index in [2.05, 4.69) is 20.8 Å². The van der Waals surface area contributed by atoms with E-state index in [1.165, 1.54) is 103 Å². The summed E-state index contributed by atoms with van der Waals surface area (Å²) in [6.07, 6.45) is 25.6. The van der Waals surface area contributed by atoms with E-state index in [0.29, 0.717) is 12.8 Å². The average molecular weight is 441 g/mol. The third-order valence-corrected chi connectivity index (χ3v) is 6.23. The van der Waals surface area contributed by atoms with E-state index in [1.807, 2.05) is 0 Å². The molecule has 0 saturated carbocycles. The van der Waals surface area contributed by atoms with Gasteiger partial charge in [0.15, 0.2) is 0 Å². The zero-order valence-corrected chi connectivity index (χ0v) is 21.5. The topological polar surface area (TPSA) is 46.5 Å². The van der Waals surface area contributed by atoms with E-state index < -0.39 is 6.29 Å². The molecule has 0 aromatic carbocycles. The standard InChI is InChI=1S/C28H56O3/c1-4-5-6-7-8-9-10-11-12-13-14-18-21-24-27(29)31-28(30)25-22-19-16-15-17-20-23-26(2)3/h26-27,29H,4-25H2,1-3H3. The molecule has 1 atom stereocenters. The van der Waals surface area contributed by atoms with E-state index >= 15 is 0 Å². The highest BCUT2D eigenvalue weighted by Crippen LogP contribution is 2.15. The number of carbonyl (C=O) groups excluding carboxylic acids is 1. The van der Waals surface area contributed by atoms with Crippen molar-refractivity contribution in [3.63, 3.8) is 0 Å². The molecule has 1 N–H and O–H groups in total. The van der Waals surface area contributed by atoms with Crippen molar-refractivity contribution in [1.82, 2.24) is 0 Å². The smallest absolute Gasteiger partial charge is 0.308 e. The number of carbonyl (C=O) groups is 1. The molecule has 0 aromatic heterocycles. The van der Waals surface area contributed by atoms with Crippen molar-refractivity contribution in [2.24, 2.45) is 5.92 Å². The second-order valence-corrected chi connectivity index (χ2v) is 10.0. The van der Waals surface area contributed by atoms with Crippen LogP contribution in [0.4, 0.5) is 0 Å². The number of unbranched alkanes of at least 4 members (excludes halogenated alkanes) is 17. The molecule has 0 radical (unpaired) electrons. The lowest BCUT2D eigenvalue weighted by Crippen LogP contribution is -2.17. The Labute approximate surface area is 195 Å². The monoisotopic (exact) mass is 440 g/mol. The lowest BCUT2D eigenvalue weighted by molar-refractivity contribution is -0.168. The first-order valence-corrected chi connectivity index (χ1v) is 13.9. The molecular weight excluding hydrogens is 384 g/mol.